The maximum absolute atomic E-state index is 5.28. The molecule has 0 atom stereocenters. The van der Waals surface area contributed by atoms with Crippen LogP contribution in [0.1, 0.15) is 0 Å². The van der Waals surface area contributed by atoms with E-state index in [9.17, 15) is 0 Å². The number of rotatable bonds is 6. The average Bonchev–Trinajstić information content (AvgIpc) is 3.63. The zero-order valence-corrected chi connectivity index (χ0v) is 28.8. The van der Waals surface area contributed by atoms with Crippen molar-refractivity contribution < 1.29 is 0 Å². The van der Waals surface area contributed by atoms with E-state index < -0.39 is 0 Å². The molecular weight excluding hydrogens is 645 g/mol. The van der Waals surface area contributed by atoms with Crippen molar-refractivity contribution in [2.24, 2.45) is 0 Å². The van der Waals surface area contributed by atoms with Crippen LogP contribution in [0, 0.1) is 0 Å². The number of fused-ring (bicyclic) bond motifs is 3. The molecule has 0 bridgehead atoms. The second kappa shape index (κ2) is 12.9. The lowest BCUT2D eigenvalue weighted by atomic mass is 9.92. The van der Waals surface area contributed by atoms with Gasteiger partial charge in [-0.15, -0.1) is 0 Å². The summed E-state index contributed by atoms with van der Waals surface area (Å²) in [5.41, 5.74) is 13.4. The highest BCUT2D eigenvalue weighted by atomic mass is 15.0. The minimum atomic E-state index is 0.689. The highest BCUT2D eigenvalue weighted by molar-refractivity contribution is 5.99. The maximum atomic E-state index is 5.28. The molecule has 4 heteroatoms. The predicted octanol–water partition coefficient (Wildman–Crippen LogP) is 12.4. The molecule has 0 unspecified atom stereocenters. The van der Waals surface area contributed by atoms with Crippen LogP contribution in [0.4, 0.5) is 0 Å². The third-order valence-corrected chi connectivity index (χ3v) is 9.99. The van der Waals surface area contributed by atoms with Crippen LogP contribution in [-0.2, 0) is 0 Å². The molecular formula is C49H32N4. The zero-order chi connectivity index (χ0) is 35.1. The van der Waals surface area contributed by atoms with Gasteiger partial charge in [0.2, 0.25) is 0 Å². The first kappa shape index (κ1) is 30.6. The minimum Gasteiger partial charge on any atom is -0.299 e. The van der Waals surface area contributed by atoms with E-state index in [1.54, 1.807) is 0 Å². The molecule has 3 heterocycles. The van der Waals surface area contributed by atoms with Crippen molar-refractivity contribution in [3.05, 3.63) is 194 Å². The van der Waals surface area contributed by atoms with Crippen LogP contribution in [0.15, 0.2) is 194 Å². The summed E-state index contributed by atoms with van der Waals surface area (Å²) < 4.78 is 2.18. The Morgan fingerprint density at radius 2 is 0.981 bits per heavy atom. The van der Waals surface area contributed by atoms with Gasteiger partial charge in [-0.25, -0.2) is 15.0 Å². The highest BCUT2D eigenvalue weighted by Crippen LogP contribution is 2.39. The van der Waals surface area contributed by atoms with Gasteiger partial charge >= 0.3 is 0 Å². The molecule has 10 aromatic rings. The van der Waals surface area contributed by atoms with E-state index in [0.717, 1.165) is 78.1 Å². The molecule has 53 heavy (non-hydrogen) atoms. The lowest BCUT2D eigenvalue weighted by Crippen LogP contribution is -1.96. The number of hydrogen-bond donors (Lipinski definition) is 0. The molecule has 0 aliphatic carbocycles. The molecule has 0 saturated carbocycles. The predicted molar refractivity (Wildman–Crippen MR) is 218 cm³/mol. The van der Waals surface area contributed by atoms with Crippen LogP contribution in [-0.4, -0.2) is 19.4 Å². The number of hydrogen-bond acceptors (Lipinski definition) is 3. The van der Waals surface area contributed by atoms with Gasteiger partial charge in [-0.1, -0.05) is 146 Å². The van der Waals surface area contributed by atoms with Gasteiger partial charge in [0, 0.05) is 33.8 Å². The SMILES string of the molecule is c1ccc(-c2nc(-c3cc(-c4cccc(-c5nc6ccccn6c5-c5ccccc5)c4)cc(-c4cccc5ccccc45)c3)nc3ccccc23)cc1. The molecule has 0 N–H and O–H groups in total. The molecule has 7 aromatic carbocycles. The fraction of sp³-hybridized carbons (Fsp3) is 0. The summed E-state index contributed by atoms with van der Waals surface area (Å²) >= 11 is 0. The Morgan fingerprint density at radius 3 is 1.85 bits per heavy atom. The zero-order valence-electron chi connectivity index (χ0n) is 28.8. The summed E-state index contributed by atoms with van der Waals surface area (Å²) in [6.45, 7) is 0. The van der Waals surface area contributed by atoms with E-state index in [0.29, 0.717) is 5.82 Å². The summed E-state index contributed by atoms with van der Waals surface area (Å²) in [6, 6.07) is 65.9. The summed E-state index contributed by atoms with van der Waals surface area (Å²) in [7, 11) is 0. The molecule has 0 aliphatic heterocycles. The lowest BCUT2D eigenvalue weighted by molar-refractivity contribution is 1.19. The molecule has 0 aliphatic rings. The van der Waals surface area contributed by atoms with E-state index >= 15 is 0 Å². The second-order valence-corrected chi connectivity index (χ2v) is 13.3. The molecule has 0 amide bonds. The molecule has 0 saturated heterocycles. The molecule has 10 rings (SSSR count). The van der Waals surface area contributed by atoms with Crippen LogP contribution in [0.25, 0.3) is 94.7 Å². The molecule has 0 radical (unpaired) electrons. The van der Waals surface area contributed by atoms with E-state index in [1.165, 1.54) is 10.8 Å². The number of imidazole rings is 1. The number of aromatic nitrogens is 4. The van der Waals surface area contributed by atoms with Crippen LogP contribution in [0.3, 0.4) is 0 Å². The van der Waals surface area contributed by atoms with Crippen molar-refractivity contribution in [3.8, 4) is 67.4 Å². The van der Waals surface area contributed by atoms with Gasteiger partial charge in [-0.2, -0.15) is 0 Å². The number of para-hydroxylation sites is 1. The molecule has 0 spiro atoms. The van der Waals surface area contributed by atoms with Crippen LogP contribution >= 0.6 is 0 Å². The van der Waals surface area contributed by atoms with Gasteiger partial charge < -0.3 is 0 Å². The molecule has 248 valence electrons. The first-order chi connectivity index (χ1) is 26.3. The Balaban J connectivity index is 1.20. The first-order valence-corrected chi connectivity index (χ1v) is 17.9. The van der Waals surface area contributed by atoms with E-state index in [-0.39, 0.29) is 0 Å². The van der Waals surface area contributed by atoms with Gasteiger partial charge in [0.05, 0.1) is 22.6 Å². The number of benzene rings is 7. The smallest absolute Gasteiger partial charge is 0.160 e. The van der Waals surface area contributed by atoms with Gasteiger partial charge in [0.1, 0.15) is 5.65 Å². The third kappa shape index (κ3) is 5.54. The van der Waals surface area contributed by atoms with Crippen LogP contribution in [0.5, 0.6) is 0 Å². The summed E-state index contributed by atoms with van der Waals surface area (Å²) in [5.74, 6) is 0.689. The largest absolute Gasteiger partial charge is 0.299 e. The average molecular weight is 677 g/mol. The lowest BCUT2D eigenvalue weighted by Gasteiger charge is -2.14. The summed E-state index contributed by atoms with van der Waals surface area (Å²) in [5, 5.41) is 3.43. The molecule has 0 fully saturated rings. The van der Waals surface area contributed by atoms with Crippen molar-refractivity contribution in [2.45, 2.75) is 0 Å². The normalized spacial score (nSPS) is 11.4. The minimum absolute atomic E-state index is 0.689. The fourth-order valence-electron chi connectivity index (χ4n) is 7.49. The number of nitrogens with zero attached hydrogens (tertiary/aromatic N) is 4. The first-order valence-electron chi connectivity index (χ1n) is 17.9. The van der Waals surface area contributed by atoms with Crippen molar-refractivity contribution in [3.63, 3.8) is 0 Å². The van der Waals surface area contributed by atoms with Gasteiger partial charge in [0.25, 0.3) is 0 Å². The summed E-state index contributed by atoms with van der Waals surface area (Å²) in [6.07, 6.45) is 2.09. The highest BCUT2D eigenvalue weighted by Gasteiger charge is 2.18. The molecule has 4 nitrogen and oxygen atoms in total. The summed E-state index contributed by atoms with van der Waals surface area (Å²) in [4.78, 5) is 15.6. The number of pyridine rings is 1. The van der Waals surface area contributed by atoms with Crippen molar-refractivity contribution in [1.82, 2.24) is 19.4 Å². The third-order valence-electron chi connectivity index (χ3n) is 9.99. The van der Waals surface area contributed by atoms with E-state index in [1.807, 2.05) is 18.2 Å². The maximum Gasteiger partial charge on any atom is 0.160 e. The van der Waals surface area contributed by atoms with Crippen LogP contribution in [0.2, 0.25) is 0 Å². The Kier molecular flexibility index (Phi) is 7.43. The Morgan fingerprint density at radius 1 is 0.358 bits per heavy atom. The van der Waals surface area contributed by atoms with E-state index in [4.69, 9.17) is 15.0 Å². The van der Waals surface area contributed by atoms with Crippen molar-refractivity contribution in [1.29, 1.82) is 0 Å². The van der Waals surface area contributed by atoms with Gasteiger partial charge in [-0.3, -0.25) is 4.40 Å². The fourth-order valence-corrected chi connectivity index (χ4v) is 7.49. The van der Waals surface area contributed by atoms with Gasteiger partial charge in [-0.05, 0) is 75.5 Å². The quantitative estimate of drug-likeness (QED) is 0.176. The Bertz CT molecular complexity index is 2940. The van der Waals surface area contributed by atoms with E-state index in [2.05, 4.69) is 180 Å². The standard InChI is InChI=1S/C49H32N4/c1-3-16-34(17-4-1)46-43-24-9-10-26-44(43)50-49(52-46)40-31-38(30-39(32-40)42-25-14-20-33-15-7-8-23-41(33)42)36-21-13-22-37(29-36)47-48(35-18-5-2-6-19-35)53-28-12-11-27-45(53)51-47/h1-32H. The molecule has 3 aromatic heterocycles. The Labute approximate surface area is 307 Å². The van der Waals surface area contributed by atoms with Crippen LogP contribution < -0.4 is 0 Å². The topological polar surface area (TPSA) is 43.1 Å². The van der Waals surface area contributed by atoms with Crippen molar-refractivity contribution in [2.75, 3.05) is 0 Å². The monoisotopic (exact) mass is 676 g/mol. The second-order valence-electron chi connectivity index (χ2n) is 13.3. The Hall–Kier alpha value is -7.17. The van der Waals surface area contributed by atoms with Crippen molar-refractivity contribution >= 4 is 27.3 Å². The van der Waals surface area contributed by atoms with Gasteiger partial charge in [0.15, 0.2) is 5.82 Å².